The molecule has 0 spiro atoms. The summed E-state index contributed by atoms with van der Waals surface area (Å²) in [5.41, 5.74) is 1.11. The van der Waals surface area contributed by atoms with Gasteiger partial charge in [0.25, 0.3) is 0 Å². The van der Waals surface area contributed by atoms with Crippen LogP contribution in [0, 0.1) is 0 Å². The van der Waals surface area contributed by atoms with Crippen LogP contribution in [-0.2, 0) is 6.42 Å². The Bertz CT molecular complexity index is 431. The fourth-order valence-electron chi connectivity index (χ4n) is 1.85. The van der Waals surface area contributed by atoms with Crippen LogP contribution in [0.5, 0.6) is 0 Å². The number of aryl methyl sites for hydroxylation is 1. The maximum atomic E-state index is 5.81. The fourth-order valence-corrected chi connectivity index (χ4v) is 1.85. The van der Waals surface area contributed by atoms with Crippen LogP contribution in [0.2, 0.25) is 0 Å². The van der Waals surface area contributed by atoms with Gasteiger partial charge in [-0.25, -0.2) is 0 Å². The molecule has 0 aliphatic rings. The van der Waals surface area contributed by atoms with E-state index in [4.69, 9.17) is 8.83 Å². The van der Waals surface area contributed by atoms with Gasteiger partial charge < -0.3 is 14.2 Å². The summed E-state index contributed by atoms with van der Waals surface area (Å²) in [6, 6.07) is 6.14. The first-order chi connectivity index (χ1) is 8.35. The summed E-state index contributed by atoms with van der Waals surface area (Å²) < 4.78 is 11.0. The van der Waals surface area contributed by atoms with Crippen molar-refractivity contribution in [1.29, 1.82) is 0 Å². The quantitative estimate of drug-likeness (QED) is 0.829. The minimum Gasteiger partial charge on any atom is -0.472 e. The molecule has 1 unspecified atom stereocenters. The average molecular weight is 233 g/mol. The highest BCUT2D eigenvalue weighted by Gasteiger charge is 2.17. The van der Waals surface area contributed by atoms with Crippen LogP contribution in [0.15, 0.2) is 39.6 Å². The van der Waals surface area contributed by atoms with Crippen LogP contribution in [0.25, 0.3) is 0 Å². The molecule has 0 aliphatic heterocycles. The first-order valence-corrected chi connectivity index (χ1v) is 6.19. The molecule has 0 saturated carbocycles. The molecule has 0 aliphatic carbocycles. The summed E-state index contributed by atoms with van der Waals surface area (Å²) in [5, 5.41) is 3.47. The molecule has 0 bridgehead atoms. The molecule has 3 nitrogen and oxygen atoms in total. The summed E-state index contributed by atoms with van der Waals surface area (Å²) in [5.74, 6) is 1.98. The highest BCUT2D eigenvalue weighted by atomic mass is 16.3. The molecule has 2 aromatic rings. The normalized spacial score (nSPS) is 12.8. The Morgan fingerprint density at radius 1 is 1.24 bits per heavy atom. The summed E-state index contributed by atoms with van der Waals surface area (Å²) in [6.45, 7) is 5.20. The molecular weight excluding hydrogens is 214 g/mol. The highest BCUT2D eigenvalue weighted by molar-refractivity contribution is 5.24. The number of furan rings is 2. The zero-order chi connectivity index (χ0) is 12.1. The van der Waals surface area contributed by atoms with E-state index in [1.54, 1.807) is 12.5 Å². The van der Waals surface area contributed by atoms with E-state index in [-0.39, 0.29) is 6.04 Å². The Morgan fingerprint density at radius 3 is 2.71 bits per heavy atom. The van der Waals surface area contributed by atoms with E-state index in [1.807, 2.05) is 18.2 Å². The summed E-state index contributed by atoms with van der Waals surface area (Å²) in [6.07, 6.45) is 5.47. The van der Waals surface area contributed by atoms with Crippen molar-refractivity contribution >= 4 is 0 Å². The lowest BCUT2D eigenvalue weighted by atomic mass is 10.1. The molecule has 0 aromatic carbocycles. The van der Waals surface area contributed by atoms with Crippen LogP contribution in [0.1, 0.15) is 43.4 Å². The SMILES string of the molecule is CCCNC(c1ccoc1)c1ccc(CC)o1. The number of rotatable bonds is 6. The van der Waals surface area contributed by atoms with E-state index < -0.39 is 0 Å². The lowest BCUT2D eigenvalue weighted by Crippen LogP contribution is -2.22. The van der Waals surface area contributed by atoms with E-state index in [9.17, 15) is 0 Å². The monoisotopic (exact) mass is 233 g/mol. The van der Waals surface area contributed by atoms with E-state index >= 15 is 0 Å². The van der Waals surface area contributed by atoms with Gasteiger partial charge in [-0.15, -0.1) is 0 Å². The maximum Gasteiger partial charge on any atom is 0.125 e. The van der Waals surface area contributed by atoms with Gasteiger partial charge in [-0.05, 0) is 31.2 Å². The number of hydrogen-bond donors (Lipinski definition) is 1. The molecule has 2 aromatic heterocycles. The average Bonchev–Trinajstić information content (AvgIpc) is 3.00. The molecule has 17 heavy (non-hydrogen) atoms. The van der Waals surface area contributed by atoms with Crippen molar-refractivity contribution < 1.29 is 8.83 Å². The van der Waals surface area contributed by atoms with Gasteiger partial charge in [-0.3, -0.25) is 0 Å². The molecule has 1 atom stereocenters. The topological polar surface area (TPSA) is 38.3 Å². The first kappa shape index (κ1) is 12.0. The maximum absolute atomic E-state index is 5.81. The van der Waals surface area contributed by atoms with Crippen molar-refractivity contribution in [1.82, 2.24) is 5.32 Å². The lowest BCUT2D eigenvalue weighted by Gasteiger charge is -2.14. The first-order valence-electron chi connectivity index (χ1n) is 6.19. The Kier molecular flexibility index (Phi) is 4.04. The highest BCUT2D eigenvalue weighted by Crippen LogP contribution is 2.24. The van der Waals surface area contributed by atoms with E-state index in [0.717, 1.165) is 36.5 Å². The van der Waals surface area contributed by atoms with Crippen LogP contribution >= 0.6 is 0 Å². The van der Waals surface area contributed by atoms with Crippen LogP contribution in [0.3, 0.4) is 0 Å². The van der Waals surface area contributed by atoms with E-state index in [2.05, 4.69) is 19.2 Å². The van der Waals surface area contributed by atoms with Crippen molar-refractivity contribution in [2.75, 3.05) is 6.54 Å². The Labute approximate surface area is 102 Å². The predicted octanol–water partition coefficient (Wildman–Crippen LogP) is 3.52. The zero-order valence-corrected chi connectivity index (χ0v) is 10.4. The molecule has 2 rings (SSSR count). The van der Waals surface area contributed by atoms with Crippen molar-refractivity contribution in [2.45, 2.75) is 32.7 Å². The second-order valence-electron chi connectivity index (χ2n) is 4.10. The van der Waals surface area contributed by atoms with E-state index in [0.29, 0.717) is 0 Å². The number of nitrogens with one attached hydrogen (secondary N) is 1. The lowest BCUT2D eigenvalue weighted by molar-refractivity contribution is 0.420. The summed E-state index contributed by atoms with van der Waals surface area (Å²) in [4.78, 5) is 0. The summed E-state index contributed by atoms with van der Waals surface area (Å²) >= 11 is 0. The minimum absolute atomic E-state index is 0.0917. The van der Waals surface area contributed by atoms with Gasteiger partial charge in [0, 0.05) is 12.0 Å². The van der Waals surface area contributed by atoms with Crippen LogP contribution in [0.4, 0.5) is 0 Å². The van der Waals surface area contributed by atoms with Crippen molar-refractivity contribution in [3.8, 4) is 0 Å². The van der Waals surface area contributed by atoms with Crippen LogP contribution in [-0.4, -0.2) is 6.54 Å². The second-order valence-corrected chi connectivity index (χ2v) is 4.10. The van der Waals surface area contributed by atoms with Gasteiger partial charge in [-0.1, -0.05) is 13.8 Å². The van der Waals surface area contributed by atoms with Gasteiger partial charge >= 0.3 is 0 Å². The Balaban J connectivity index is 2.20. The third-order valence-corrected chi connectivity index (χ3v) is 2.79. The molecular formula is C14H19NO2. The largest absolute Gasteiger partial charge is 0.472 e. The molecule has 0 fully saturated rings. The van der Waals surface area contributed by atoms with Crippen LogP contribution < -0.4 is 5.32 Å². The molecule has 92 valence electrons. The van der Waals surface area contributed by atoms with Gasteiger partial charge in [0.2, 0.25) is 0 Å². The molecule has 0 radical (unpaired) electrons. The van der Waals surface area contributed by atoms with Gasteiger partial charge in [0.15, 0.2) is 0 Å². The third-order valence-electron chi connectivity index (χ3n) is 2.79. The Morgan fingerprint density at radius 2 is 2.12 bits per heavy atom. The zero-order valence-electron chi connectivity index (χ0n) is 10.4. The van der Waals surface area contributed by atoms with Crippen molar-refractivity contribution in [3.63, 3.8) is 0 Å². The molecule has 0 amide bonds. The standard InChI is InChI=1S/C14H19NO2/c1-3-8-15-14(11-7-9-16-10-11)13-6-5-12(4-2)17-13/h5-7,9-10,14-15H,3-4,8H2,1-2H3. The Hall–Kier alpha value is -1.48. The van der Waals surface area contributed by atoms with E-state index in [1.165, 1.54) is 0 Å². The predicted molar refractivity (Wildman–Crippen MR) is 66.9 cm³/mol. The molecule has 2 heterocycles. The number of hydrogen-bond acceptors (Lipinski definition) is 3. The smallest absolute Gasteiger partial charge is 0.125 e. The van der Waals surface area contributed by atoms with Crippen molar-refractivity contribution in [2.24, 2.45) is 0 Å². The molecule has 1 N–H and O–H groups in total. The third kappa shape index (κ3) is 2.80. The van der Waals surface area contributed by atoms with Crippen molar-refractivity contribution in [3.05, 3.63) is 47.8 Å². The second kappa shape index (κ2) is 5.73. The van der Waals surface area contributed by atoms with Gasteiger partial charge in [0.1, 0.15) is 11.5 Å². The molecule has 0 saturated heterocycles. The fraction of sp³-hybridized carbons (Fsp3) is 0.429. The molecule has 3 heteroatoms. The summed E-state index contributed by atoms with van der Waals surface area (Å²) in [7, 11) is 0. The van der Waals surface area contributed by atoms with Gasteiger partial charge in [-0.2, -0.15) is 0 Å². The van der Waals surface area contributed by atoms with Gasteiger partial charge in [0.05, 0.1) is 18.6 Å². The minimum atomic E-state index is 0.0917.